The number of rotatable bonds is 1. The summed E-state index contributed by atoms with van der Waals surface area (Å²) < 4.78 is 0. The van der Waals surface area contributed by atoms with E-state index in [1.807, 2.05) is 17.7 Å². The van der Waals surface area contributed by atoms with Gasteiger partial charge >= 0.3 is 0 Å². The first kappa shape index (κ1) is 8.82. The van der Waals surface area contributed by atoms with Crippen LogP contribution >= 0.6 is 11.3 Å². The molecule has 1 aromatic heterocycles. The lowest BCUT2D eigenvalue weighted by molar-refractivity contribution is -0.117. The van der Waals surface area contributed by atoms with Gasteiger partial charge in [0.1, 0.15) is 0 Å². The van der Waals surface area contributed by atoms with Gasteiger partial charge in [-0.25, -0.2) is 0 Å². The van der Waals surface area contributed by atoms with Crippen LogP contribution in [0.1, 0.15) is 17.5 Å². The average molecular weight is 179 g/mol. The predicted octanol–water partition coefficient (Wildman–Crippen LogP) is 1.28. The Bertz CT molecular complexity index is 343. The van der Waals surface area contributed by atoms with Crippen molar-refractivity contribution in [3.63, 3.8) is 0 Å². The van der Waals surface area contributed by atoms with Crippen LogP contribution in [-0.4, -0.2) is 5.91 Å². The van der Waals surface area contributed by atoms with Crippen molar-refractivity contribution in [2.75, 3.05) is 0 Å². The highest BCUT2D eigenvalue weighted by Gasteiger charge is 1.93. The summed E-state index contributed by atoms with van der Waals surface area (Å²) in [7, 11) is 0. The molecule has 3 heteroatoms. The third kappa shape index (κ3) is 2.40. The Hall–Kier alpha value is -1.27. The molecule has 0 spiro atoms. The molecule has 0 radical (unpaired) electrons. The van der Waals surface area contributed by atoms with Crippen LogP contribution < -0.4 is 5.73 Å². The molecule has 0 bridgehead atoms. The minimum absolute atomic E-state index is 0.134. The van der Waals surface area contributed by atoms with Gasteiger partial charge in [-0.05, 0) is 17.9 Å². The van der Waals surface area contributed by atoms with Gasteiger partial charge in [0.15, 0.2) is 0 Å². The van der Waals surface area contributed by atoms with Crippen LogP contribution in [0.4, 0.5) is 0 Å². The molecule has 0 fully saturated rings. The lowest BCUT2D eigenvalue weighted by atomic mass is 10.2. The molecule has 12 heavy (non-hydrogen) atoms. The topological polar surface area (TPSA) is 43.1 Å². The Morgan fingerprint density at radius 1 is 1.67 bits per heavy atom. The number of carbonyl (C=O) groups is 1. The molecule has 2 nitrogen and oxygen atoms in total. The van der Waals surface area contributed by atoms with Crippen molar-refractivity contribution in [3.8, 4) is 11.8 Å². The summed E-state index contributed by atoms with van der Waals surface area (Å²) in [6.45, 7) is 1.99. The highest BCUT2D eigenvalue weighted by Crippen LogP contribution is 2.11. The maximum atomic E-state index is 10.3. The quantitative estimate of drug-likeness (QED) is 0.648. The van der Waals surface area contributed by atoms with Crippen molar-refractivity contribution in [1.29, 1.82) is 0 Å². The number of hydrogen-bond acceptors (Lipinski definition) is 2. The minimum Gasteiger partial charge on any atom is -0.369 e. The molecule has 0 aliphatic heterocycles. The third-order valence-electron chi connectivity index (χ3n) is 1.34. The third-order valence-corrected chi connectivity index (χ3v) is 2.20. The molecular formula is C9H9NOS. The van der Waals surface area contributed by atoms with E-state index >= 15 is 0 Å². The molecule has 0 atom stereocenters. The highest BCUT2D eigenvalue weighted by atomic mass is 32.1. The average Bonchev–Trinajstić information content (AvgIpc) is 2.36. The molecule has 0 aliphatic rings. The van der Waals surface area contributed by atoms with Crippen LogP contribution in [0.5, 0.6) is 0 Å². The van der Waals surface area contributed by atoms with Crippen LogP contribution in [-0.2, 0) is 4.79 Å². The second-order valence-electron chi connectivity index (χ2n) is 2.41. The van der Waals surface area contributed by atoms with Gasteiger partial charge in [0.25, 0.3) is 0 Å². The van der Waals surface area contributed by atoms with E-state index in [9.17, 15) is 4.79 Å². The maximum Gasteiger partial charge on any atom is 0.229 e. The normalized spacial score (nSPS) is 8.75. The van der Waals surface area contributed by atoms with Crippen LogP contribution in [0.3, 0.4) is 0 Å². The van der Waals surface area contributed by atoms with Gasteiger partial charge < -0.3 is 5.73 Å². The van der Waals surface area contributed by atoms with Crippen molar-refractivity contribution in [2.45, 2.75) is 13.3 Å². The molecule has 0 unspecified atom stereocenters. The summed E-state index contributed by atoms with van der Waals surface area (Å²) in [6.07, 6.45) is 0.134. The van der Waals surface area contributed by atoms with Gasteiger partial charge in [-0.1, -0.05) is 11.8 Å². The van der Waals surface area contributed by atoms with E-state index in [0.29, 0.717) is 0 Å². The number of amides is 1. The molecule has 1 amide bonds. The monoisotopic (exact) mass is 179 g/mol. The zero-order chi connectivity index (χ0) is 8.97. The van der Waals surface area contributed by atoms with E-state index in [1.54, 1.807) is 11.3 Å². The smallest absolute Gasteiger partial charge is 0.229 e. The number of carbonyl (C=O) groups excluding carboxylic acids is 1. The Kier molecular flexibility index (Phi) is 2.89. The molecule has 0 aliphatic carbocycles. The molecule has 1 aromatic rings. The van der Waals surface area contributed by atoms with Crippen molar-refractivity contribution in [1.82, 2.24) is 0 Å². The van der Waals surface area contributed by atoms with Gasteiger partial charge in [0, 0.05) is 10.9 Å². The van der Waals surface area contributed by atoms with Crippen molar-refractivity contribution in [2.24, 2.45) is 5.73 Å². The van der Waals surface area contributed by atoms with Crippen molar-refractivity contribution < 1.29 is 4.79 Å². The summed E-state index contributed by atoms with van der Waals surface area (Å²) in [5, 5.41) is 3.98. The Morgan fingerprint density at radius 2 is 2.42 bits per heavy atom. The van der Waals surface area contributed by atoms with Crippen LogP contribution in [0.2, 0.25) is 0 Å². The first-order valence-electron chi connectivity index (χ1n) is 3.50. The Morgan fingerprint density at radius 3 is 2.92 bits per heavy atom. The van der Waals surface area contributed by atoms with Crippen molar-refractivity contribution in [3.05, 3.63) is 21.9 Å². The first-order chi connectivity index (χ1) is 5.70. The minimum atomic E-state index is -0.379. The largest absolute Gasteiger partial charge is 0.369 e. The molecular weight excluding hydrogens is 170 g/mol. The molecule has 62 valence electrons. The SMILES string of the molecule is Cc1cscc1C#CCC(N)=O. The molecule has 1 heterocycles. The van der Waals surface area contributed by atoms with E-state index in [4.69, 9.17) is 5.73 Å². The van der Waals surface area contributed by atoms with Gasteiger partial charge in [0.05, 0.1) is 6.42 Å². The standard InChI is InChI=1S/C9H9NOS/c1-7-5-12-6-8(7)3-2-4-9(10)11/h5-6H,4H2,1H3,(H2,10,11). The summed E-state index contributed by atoms with van der Waals surface area (Å²) in [5.74, 6) is 5.21. The van der Waals surface area contributed by atoms with Gasteiger partial charge in [-0.3, -0.25) is 4.79 Å². The zero-order valence-electron chi connectivity index (χ0n) is 6.76. The van der Waals surface area contributed by atoms with Crippen LogP contribution in [0, 0.1) is 18.8 Å². The zero-order valence-corrected chi connectivity index (χ0v) is 7.57. The number of thiophene rings is 1. The summed E-state index contributed by atoms with van der Waals surface area (Å²) in [6, 6.07) is 0. The molecule has 0 aromatic carbocycles. The van der Waals surface area contributed by atoms with Crippen LogP contribution in [0.25, 0.3) is 0 Å². The molecule has 1 rings (SSSR count). The highest BCUT2D eigenvalue weighted by molar-refractivity contribution is 7.08. The van der Waals surface area contributed by atoms with Crippen LogP contribution in [0.15, 0.2) is 10.8 Å². The van der Waals surface area contributed by atoms with E-state index in [0.717, 1.165) is 11.1 Å². The van der Waals surface area contributed by atoms with E-state index < -0.39 is 0 Å². The lowest BCUT2D eigenvalue weighted by Gasteiger charge is -1.83. The predicted molar refractivity (Wildman–Crippen MR) is 49.7 cm³/mol. The van der Waals surface area contributed by atoms with Gasteiger partial charge in [-0.15, -0.1) is 0 Å². The summed E-state index contributed by atoms with van der Waals surface area (Å²) >= 11 is 1.61. The number of aryl methyl sites for hydroxylation is 1. The second-order valence-corrected chi connectivity index (χ2v) is 3.16. The fourth-order valence-electron chi connectivity index (χ4n) is 0.715. The van der Waals surface area contributed by atoms with Gasteiger partial charge in [-0.2, -0.15) is 11.3 Å². The number of nitrogens with two attached hydrogens (primary N) is 1. The summed E-state index contributed by atoms with van der Waals surface area (Å²) in [4.78, 5) is 10.3. The molecule has 0 saturated heterocycles. The van der Waals surface area contributed by atoms with Gasteiger partial charge in [0.2, 0.25) is 5.91 Å². The summed E-state index contributed by atoms with van der Waals surface area (Å²) in [5.41, 5.74) is 7.07. The maximum absolute atomic E-state index is 10.3. The molecule has 2 N–H and O–H groups in total. The Balaban J connectivity index is 2.67. The van der Waals surface area contributed by atoms with Crippen molar-refractivity contribution >= 4 is 17.2 Å². The fraction of sp³-hybridized carbons (Fsp3) is 0.222. The first-order valence-corrected chi connectivity index (χ1v) is 4.44. The molecule has 0 saturated carbocycles. The fourth-order valence-corrected chi connectivity index (χ4v) is 1.50. The van der Waals surface area contributed by atoms with E-state index in [2.05, 4.69) is 11.8 Å². The number of hydrogen-bond donors (Lipinski definition) is 1. The van der Waals surface area contributed by atoms with E-state index in [-0.39, 0.29) is 12.3 Å². The Labute approximate surface area is 75.4 Å². The number of primary amides is 1. The lowest BCUT2D eigenvalue weighted by Crippen LogP contribution is -2.08. The van der Waals surface area contributed by atoms with E-state index in [1.165, 1.54) is 0 Å². The second kappa shape index (κ2) is 3.93.